The molecule has 0 unspecified atom stereocenters. The van der Waals surface area contributed by atoms with Crippen molar-refractivity contribution in [1.29, 1.82) is 0 Å². The SMILES string of the molecule is CCCNC(=O)[C@H](CC)N(Cc1ccccc1C)C(=O)CN(c1ccc(C)c(Cl)c1)S(=O)(=O)c1ccccc1. The van der Waals surface area contributed by atoms with Crippen molar-refractivity contribution in [1.82, 2.24) is 10.2 Å². The highest BCUT2D eigenvalue weighted by Crippen LogP contribution is 2.28. The van der Waals surface area contributed by atoms with Gasteiger partial charge in [-0.1, -0.05) is 74.0 Å². The molecule has 0 aliphatic rings. The quantitative estimate of drug-likeness (QED) is 0.313. The molecule has 7 nitrogen and oxygen atoms in total. The molecule has 39 heavy (non-hydrogen) atoms. The van der Waals surface area contributed by atoms with E-state index in [0.29, 0.717) is 18.0 Å². The van der Waals surface area contributed by atoms with Crippen LogP contribution in [0.2, 0.25) is 5.02 Å². The highest BCUT2D eigenvalue weighted by molar-refractivity contribution is 7.92. The summed E-state index contributed by atoms with van der Waals surface area (Å²) in [7, 11) is -4.13. The van der Waals surface area contributed by atoms with Gasteiger partial charge in [0.15, 0.2) is 0 Å². The predicted molar refractivity (Wildman–Crippen MR) is 156 cm³/mol. The van der Waals surface area contributed by atoms with Crippen LogP contribution in [0.25, 0.3) is 0 Å². The van der Waals surface area contributed by atoms with E-state index in [1.54, 1.807) is 36.4 Å². The van der Waals surface area contributed by atoms with Crippen molar-refractivity contribution >= 4 is 39.1 Å². The van der Waals surface area contributed by atoms with E-state index in [4.69, 9.17) is 11.6 Å². The summed E-state index contributed by atoms with van der Waals surface area (Å²) in [6.07, 6.45) is 1.13. The van der Waals surface area contributed by atoms with Crippen LogP contribution in [0.5, 0.6) is 0 Å². The van der Waals surface area contributed by atoms with Crippen LogP contribution in [-0.2, 0) is 26.2 Å². The summed E-state index contributed by atoms with van der Waals surface area (Å²) in [6.45, 7) is 7.70. The van der Waals surface area contributed by atoms with Gasteiger partial charge in [-0.25, -0.2) is 8.42 Å². The number of hydrogen-bond acceptors (Lipinski definition) is 4. The van der Waals surface area contributed by atoms with Gasteiger partial charge in [0.1, 0.15) is 12.6 Å². The lowest BCUT2D eigenvalue weighted by Crippen LogP contribution is -2.52. The Bertz CT molecular complexity index is 1400. The minimum absolute atomic E-state index is 0.0488. The Morgan fingerprint density at radius 1 is 0.923 bits per heavy atom. The summed E-state index contributed by atoms with van der Waals surface area (Å²) in [5, 5.41) is 3.28. The Morgan fingerprint density at radius 3 is 2.21 bits per heavy atom. The highest BCUT2D eigenvalue weighted by atomic mass is 35.5. The number of carbonyl (C=O) groups excluding carboxylic acids is 2. The molecule has 0 fully saturated rings. The second-order valence-corrected chi connectivity index (χ2v) is 11.7. The van der Waals surface area contributed by atoms with E-state index in [9.17, 15) is 18.0 Å². The smallest absolute Gasteiger partial charge is 0.264 e. The van der Waals surface area contributed by atoms with Crippen molar-refractivity contribution in [3.8, 4) is 0 Å². The maximum atomic E-state index is 14.1. The Balaban J connectivity index is 2.07. The fraction of sp³-hybridized carbons (Fsp3) is 0.333. The van der Waals surface area contributed by atoms with Crippen LogP contribution in [0.1, 0.15) is 43.4 Å². The third-order valence-electron chi connectivity index (χ3n) is 6.59. The molecule has 0 saturated carbocycles. The van der Waals surface area contributed by atoms with Gasteiger partial charge in [-0.05, 0) is 67.6 Å². The van der Waals surface area contributed by atoms with Gasteiger partial charge in [-0.15, -0.1) is 0 Å². The molecule has 3 aromatic carbocycles. The molecule has 0 aromatic heterocycles. The average Bonchev–Trinajstić information content (AvgIpc) is 2.93. The molecule has 0 aliphatic heterocycles. The molecular formula is C30H36ClN3O4S. The fourth-order valence-corrected chi connectivity index (χ4v) is 5.84. The van der Waals surface area contributed by atoms with E-state index in [-0.39, 0.29) is 23.0 Å². The highest BCUT2D eigenvalue weighted by Gasteiger charge is 2.33. The van der Waals surface area contributed by atoms with E-state index < -0.39 is 28.5 Å². The molecule has 9 heteroatoms. The van der Waals surface area contributed by atoms with Gasteiger partial charge in [0.25, 0.3) is 10.0 Å². The summed E-state index contributed by atoms with van der Waals surface area (Å²) >= 11 is 6.37. The number of halogens is 1. The Labute approximate surface area is 236 Å². The van der Waals surface area contributed by atoms with Gasteiger partial charge < -0.3 is 10.2 Å². The number of carbonyl (C=O) groups is 2. The molecule has 0 bridgehead atoms. The standard InChI is InChI=1S/C30H36ClN3O4S/c1-5-18-32-30(36)28(6-2)33(20-24-13-11-10-12-22(24)3)29(35)21-34(25-17-16-23(4)27(31)19-25)39(37,38)26-14-8-7-9-15-26/h7-17,19,28H,5-6,18,20-21H2,1-4H3,(H,32,36)/t28-/m0/s1. The lowest BCUT2D eigenvalue weighted by atomic mass is 10.1. The average molecular weight is 570 g/mol. The number of aryl methyl sites for hydroxylation is 2. The fourth-order valence-electron chi connectivity index (χ4n) is 4.24. The molecule has 0 aliphatic carbocycles. The van der Waals surface area contributed by atoms with Crippen LogP contribution in [0, 0.1) is 13.8 Å². The van der Waals surface area contributed by atoms with E-state index in [0.717, 1.165) is 27.4 Å². The maximum Gasteiger partial charge on any atom is 0.264 e. The van der Waals surface area contributed by atoms with Crippen LogP contribution in [-0.4, -0.2) is 44.3 Å². The van der Waals surface area contributed by atoms with Crippen LogP contribution in [0.4, 0.5) is 5.69 Å². The third kappa shape index (κ3) is 7.40. The first-order valence-electron chi connectivity index (χ1n) is 13.1. The van der Waals surface area contributed by atoms with E-state index >= 15 is 0 Å². The summed E-state index contributed by atoms with van der Waals surface area (Å²) in [5.41, 5.74) is 2.90. The number of nitrogens with one attached hydrogen (secondary N) is 1. The van der Waals surface area contributed by atoms with Crippen molar-refractivity contribution < 1.29 is 18.0 Å². The number of anilines is 1. The molecule has 1 N–H and O–H groups in total. The van der Waals surface area contributed by atoms with Crippen molar-refractivity contribution in [2.75, 3.05) is 17.4 Å². The summed E-state index contributed by atoms with van der Waals surface area (Å²) in [4.78, 5) is 28.7. The second-order valence-electron chi connectivity index (χ2n) is 9.42. The molecule has 0 radical (unpaired) electrons. The van der Waals surface area contributed by atoms with Gasteiger partial charge >= 0.3 is 0 Å². The van der Waals surface area contributed by atoms with E-state index in [2.05, 4.69) is 5.32 Å². The van der Waals surface area contributed by atoms with Gasteiger partial charge in [0, 0.05) is 18.1 Å². The summed E-state index contributed by atoms with van der Waals surface area (Å²) in [5.74, 6) is -0.759. The van der Waals surface area contributed by atoms with Crippen molar-refractivity contribution in [3.05, 3.63) is 94.5 Å². The summed E-state index contributed by atoms with van der Waals surface area (Å²) in [6, 6.07) is 19.7. The number of amides is 2. The number of nitrogens with zero attached hydrogens (tertiary/aromatic N) is 2. The number of benzene rings is 3. The minimum Gasteiger partial charge on any atom is -0.354 e. The molecule has 2 amide bonds. The number of hydrogen-bond donors (Lipinski definition) is 1. The van der Waals surface area contributed by atoms with Gasteiger partial charge in [0.2, 0.25) is 11.8 Å². The molecule has 0 heterocycles. The molecular weight excluding hydrogens is 534 g/mol. The largest absolute Gasteiger partial charge is 0.354 e. The lowest BCUT2D eigenvalue weighted by Gasteiger charge is -2.33. The first-order valence-corrected chi connectivity index (χ1v) is 14.9. The van der Waals surface area contributed by atoms with Crippen molar-refractivity contribution in [2.24, 2.45) is 0 Å². The third-order valence-corrected chi connectivity index (χ3v) is 8.79. The van der Waals surface area contributed by atoms with Crippen LogP contribution in [0.15, 0.2) is 77.7 Å². The summed E-state index contributed by atoms with van der Waals surface area (Å²) < 4.78 is 28.8. The predicted octanol–water partition coefficient (Wildman–Crippen LogP) is 5.49. The zero-order valence-corrected chi connectivity index (χ0v) is 24.4. The topological polar surface area (TPSA) is 86.8 Å². The molecule has 3 aromatic rings. The van der Waals surface area contributed by atoms with Crippen LogP contribution >= 0.6 is 11.6 Å². The molecule has 208 valence electrons. The normalized spacial score (nSPS) is 12.0. The molecule has 0 saturated heterocycles. The molecule has 1 atom stereocenters. The van der Waals surface area contributed by atoms with E-state index in [1.165, 1.54) is 17.0 Å². The Morgan fingerprint density at radius 2 is 1.59 bits per heavy atom. The first-order chi connectivity index (χ1) is 18.6. The zero-order chi connectivity index (χ0) is 28.6. The lowest BCUT2D eigenvalue weighted by molar-refractivity contribution is -0.140. The zero-order valence-electron chi connectivity index (χ0n) is 22.9. The number of sulfonamides is 1. The minimum atomic E-state index is -4.13. The van der Waals surface area contributed by atoms with Crippen molar-refractivity contribution in [2.45, 2.75) is 58.0 Å². The van der Waals surface area contributed by atoms with E-state index in [1.807, 2.05) is 52.0 Å². The maximum absolute atomic E-state index is 14.1. The monoisotopic (exact) mass is 569 g/mol. The van der Waals surface area contributed by atoms with Crippen LogP contribution in [0.3, 0.4) is 0 Å². The van der Waals surface area contributed by atoms with Gasteiger partial charge in [-0.2, -0.15) is 0 Å². The van der Waals surface area contributed by atoms with Gasteiger partial charge in [-0.3, -0.25) is 13.9 Å². The first kappa shape index (κ1) is 30.2. The number of rotatable bonds is 12. The molecule has 0 spiro atoms. The van der Waals surface area contributed by atoms with Crippen molar-refractivity contribution in [3.63, 3.8) is 0 Å². The Kier molecular flexibility index (Phi) is 10.5. The molecule has 3 rings (SSSR count). The Hall–Kier alpha value is -3.36. The van der Waals surface area contributed by atoms with Gasteiger partial charge in [0.05, 0.1) is 10.6 Å². The second kappa shape index (κ2) is 13.6. The van der Waals surface area contributed by atoms with Crippen LogP contribution < -0.4 is 9.62 Å².